The van der Waals surface area contributed by atoms with Crippen LogP contribution in [0.1, 0.15) is 111 Å². The van der Waals surface area contributed by atoms with E-state index >= 15 is 0 Å². The van der Waals surface area contributed by atoms with Gasteiger partial charge >= 0.3 is 7.12 Å². The molecule has 2 aliphatic rings. The quantitative estimate of drug-likeness (QED) is 0.0483. The van der Waals surface area contributed by atoms with Crippen LogP contribution in [0.5, 0.6) is 11.5 Å². The number of carbonyl (C=O) groups excluding carboxylic acids is 4. The molecule has 2 saturated heterocycles. The summed E-state index contributed by atoms with van der Waals surface area (Å²) in [7, 11) is -0.825. The van der Waals surface area contributed by atoms with E-state index in [4.69, 9.17) is 20.1 Å². The highest BCUT2D eigenvalue weighted by atomic mass is 16.7. The maximum Gasteiger partial charge on any atom is 0.481 e. The molecule has 3 heterocycles. The Bertz CT molecular complexity index is 2410. The molecule has 348 valence electrons. The van der Waals surface area contributed by atoms with E-state index in [2.05, 4.69) is 25.9 Å². The van der Waals surface area contributed by atoms with Gasteiger partial charge in [0, 0.05) is 55.8 Å². The van der Waals surface area contributed by atoms with Crippen molar-refractivity contribution in [2.24, 2.45) is 5.92 Å². The average molecular weight is 902 g/mol. The Labute approximate surface area is 385 Å². The summed E-state index contributed by atoms with van der Waals surface area (Å²) in [5.74, 6) is -4.01. The van der Waals surface area contributed by atoms with Gasteiger partial charge < -0.3 is 40.4 Å². The molecule has 4 aromatic rings. The number of aromatic hydroxyl groups is 2. The van der Waals surface area contributed by atoms with Crippen molar-refractivity contribution in [2.75, 3.05) is 24.5 Å². The highest BCUT2D eigenvalue weighted by Gasteiger charge is 2.60. The number of amides is 4. The fourth-order valence-corrected chi connectivity index (χ4v) is 8.50. The first kappa shape index (κ1) is 48.8. The molecule has 0 unspecified atom stereocenters. The third-order valence-electron chi connectivity index (χ3n) is 12.2. The second-order valence-electron chi connectivity index (χ2n) is 18.0. The second-order valence-corrected chi connectivity index (χ2v) is 18.0. The third kappa shape index (κ3) is 10.9. The number of nitrogens with one attached hydrogen (secondary N) is 5. The number of amidine groups is 2. The van der Waals surface area contributed by atoms with E-state index in [0.29, 0.717) is 43.5 Å². The molecule has 3 aromatic carbocycles. The zero-order valence-corrected chi connectivity index (χ0v) is 38.6. The number of hydrogen-bond donors (Lipinski definition) is 7. The second kappa shape index (κ2) is 20.7. The zero-order chi connectivity index (χ0) is 47.9. The number of nitrogens with zero attached hydrogens (tertiary/aromatic N) is 4. The number of rotatable bonds is 14. The summed E-state index contributed by atoms with van der Waals surface area (Å²) in [6.45, 7) is 14.3. The lowest BCUT2D eigenvalue weighted by Crippen LogP contribution is -2.56. The number of piperidine rings is 1. The van der Waals surface area contributed by atoms with Crippen LogP contribution in [-0.2, 0) is 25.3 Å². The fraction of sp³-hybridized carbons (Fsp3) is 0.417. The van der Waals surface area contributed by atoms with Crippen LogP contribution in [0.2, 0.25) is 0 Å². The first-order valence-electron chi connectivity index (χ1n) is 22.3. The number of likely N-dealkylation sites (N-methyl/N-ethyl adjacent to an activating group) is 1. The van der Waals surface area contributed by atoms with Gasteiger partial charge in [-0.1, -0.05) is 58.0 Å². The van der Waals surface area contributed by atoms with Gasteiger partial charge in [0.15, 0.2) is 5.84 Å². The number of likely N-dealkylation sites (tertiary alicyclic amines) is 1. The summed E-state index contributed by atoms with van der Waals surface area (Å²) in [4.78, 5) is 65.3. The Kier molecular flexibility index (Phi) is 15.3. The van der Waals surface area contributed by atoms with Crippen LogP contribution >= 0.6 is 0 Å². The minimum absolute atomic E-state index is 0.00411. The minimum atomic E-state index is -0.947. The molecule has 4 amide bonds. The Balaban J connectivity index is 1.16. The Morgan fingerprint density at radius 1 is 0.909 bits per heavy atom. The van der Waals surface area contributed by atoms with Crippen molar-refractivity contribution in [2.45, 2.75) is 103 Å². The van der Waals surface area contributed by atoms with E-state index in [1.807, 2.05) is 71.9 Å². The summed E-state index contributed by atoms with van der Waals surface area (Å²) in [6.07, 6.45) is 5.85. The van der Waals surface area contributed by atoms with E-state index in [1.165, 1.54) is 36.8 Å². The van der Waals surface area contributed by atoms with Crippen LogP contribution in [-0.4, -0.2) is 110 Å². The standard InChI is InChI=1S/C48H60BN9O8/c1-8-53-45(63)42(51)58(41(50)35-26-34(30(4)5)38(59)27-39(35)60)33-16-14-32(15-17-33)46(64)57-22-18-48(19-23-57)47(6,7)65-49(66-48)40(24-29(2)3)56-43(61)36(25-31-12-10-9-11-13-31)55-44(62)37-28-52-20-21-54-37/h9-17,20-21,26-30,36,40,50-51,59-60H,8,18-19,22-25H2,1-7H3,(H,53,63)(H,55,62)(H,56,61)/t36-,40-/m0/s1. The lowest BCUT2D eigenvalue weighted by Gasteiger charge is -2.45. The summed E-state index contributed by atoms with van der Waals surface area (Å²) < 4.78 is 13.5. The summed E-state index contributed by atoms with van der Waals surface area (Å²) in [5.41, 5.74) is 0.399. The van der Waals surface area contributed by atoms with Gasteiger partial charge in [0.2, 0.25) is 5.91 Å². The molecule has 1 aromatic heterocycles. The molecule has 2 atom stereocenters. The van der Waals surface area contributed by atoms with Gasteiger partial charge in [0.05, 0.1) is 28.9 Å². The molecule has 0 radical (unpaired) electrons. The van der Waals surface area contributed by atoms with Crippen LogP contribution < -0.4 is 20.9 Å². The summed E-state index contributed by atoms with van der Waals surface area (Å²) in [6, 6.07) is 17.3. The highest BCUT2D eigenvalue weighted by Crippen LogP contribution is 2.46. The lowest BCUT2D eigenvalue weighted by molar-refractivity contribution is -0.123. The largest absolute Gasteiger partial charge is 0.508 e. The number of hydrogen-bond acceptors (Lipinski definition) is 12. The maximum absolute atomic E-state index is 14.2. The van der Waals surface area contributed by atoms with Gasteiger partial charge in [-0.2, -0.15) is 0 Å². The van der Waals surface area contributed by atoms with Crippen LogP contribution in [0.4, 0.5) is 5.69 Å². The van der Waals surface area contributed by atoms with E-state index < -0.39 is 59.6 Å². The molecule has 18 heteroatoms. The van der Waals surface area contributed by atoms with Crippen molar-refractivity contribution in [3.8, 4) is 11.5 Å². The molecule has 0 bridgehead atoms. The third-order valence-corrected chi connectivity index (χ3v) is 12.2. The number of benzene rings is 3. The Morgan fingerprint density at radius 2 is 1.59 bits per heavy atom. The molecule has 2 aliphatic heterocycles. The number of phenolic OH excluding ortho intramolecular Hbond substituents is 2. The van der Waals surface area contributed by atoms with Crippen molar-refractivity contribution < 1.29 is 38.7 Å². The van der Waals surface area contributed by atoms with E-state index in [9.17, 15) is 29.4 Å². The Morgan fingerprint density at radius 3 is 2.20 bits per heavy atom. The van der Waals surface area contributed by atoms with E-state index in [0.717, 1.165) is 16.5 Å². The number of aromatic nitrogens is 2. The molecule has 0 saturated carbocycles. The first-order valence-corrected chi connectivity index (χ1v) is 22.3. The maximum atomic E-state index is 14.2. The molecular weight excluding hydrogens is 841 g/mol. The van der Waals surface area contributed by atoms with Crippen LogP contribution in [0, 0.1) is 16.7 Å². The van der Waals surface area contributed by atoms with Gasteiger partial charge in [0.1, 0.15) is 29.1 Å². The van der Waals surface area contributed by atoms with Gasteiger partial charge in [-0.05, 0) is 93.3 Å². The normalized spacial score (nSPS) is 16.1. The lowest BCUT2D eigenvalue weighted by atomic mass is 9.73. The molecule has 1 spiro atoms. The van der Waals surface area contributed by atoms with Crippen molar-refractivity contribution in [1.29, 1.82) is 10.8 Å². The van der Waals surface area contributed by atoms with Crippen molar-refractivity contribution >= 4 is 48.1 Å². The van der Waals surface area contributed by atoms with Gasteiger partial charge in [-0.15, -0.1) is 0 Å². The molecular formula is C48H60BN9O8. The van der Waals surface area contributed by atoms with Gasteiger partial charge in [-0.3, -0.25) is 39.9 Å². The predicted molar refractivity (Wildman–Crippen MR) is 251 cm³/mol. The van der Waals surface area contributed by atoms with Gasteiger partial charge in [-0.25, -0.2) is 4.98 Å². The number of anilines is 1. The van der Waals surface area contributed by atoms with Crippen LogP contribution in [0.3, 0.4) is 0 Å². The fourth-order valence-electron chi connectivity index (χ4n) is 8.50. The van der Waals surface area contributed by atoms with E-state index in [1.54, 1.807) is 24.0 Å². The average Bonchev–Trinajstić information content (AvgIpc) is 3.54. The molecule has 17 nitrogen and oxygen atoms in total. The number of carbonyl (C=O) groups is 4. The summed E-state index contributed by atoms with van der Waals surface area (Å²) >= 11 is 0. The zero-order valence-electron chi connectivity index (χ0n) is 38.6. The Hall–Kier alpha value is -6.66. The van der Waals surface area contributed by atoms with Crippen molar-refractivity contribution in [3.05, 3.63) is 113 Å². The molecule has 2 fully saturated rings. The highest BCUT2D eigenvalue weighted by molar-refractivity contribution is 6.48. The smallest absolute Gasteiger partial charge is 0.481 e. The van der Waals surface area contributed by atoms with E-state index in [-0.39, 0.29) is 59.2 Å². The van der Waals surface area contributed by atoms with Gasteiger partial charge in [0.25, 0.3) is 17.7 Å². The molecule has 66 heavy (non-hydrogen) atoms. The van der Waals surface area contributed by atoms with Crippen LogP contribution in [0.25, 0.3) is 0 Å². The number of phenols is 2. The first-order chi connectivity index (χ1) is 31.3. The molecule has 7 N–H and O–H groups in total. The summed E-state index contributed by atoms with van der Waals surface area (Å²) in [5, 5.41) is 47.7. The van der Waals surface area contributed by atoms with Crippen molar-refractivity contribution in [3.63, 3.8) is 0 Å². The monoisotopic (exact) mass is 901 g/mol. The molecule has 6 rings (SSSR count). The molecule has 0 aliphatic carbocycles. The van der Waals surface area contributed by atoms with Crippen LogP contribution in [0.15, 0.2) is 85.3 Å². The predicted octanol–water partition coefficient (Wildman–Crippen LogP) is 5.36. The minimum Gasteiger partial charge on any atom is -0.508 e. The van der Waals surface area contributed by atoms with Crippen molar-refractivity contribution in [1.82, 2.24) is 30.8 Å². The SMILES string of the molecule is CCNC(=O)C(=N)N(C(=N)c1cc(C(C)C)c(O)cc1O)c1ccc(C(=O)N2CCC3(CC2)OB([C@H](CC(C)C)NC(=O)[C@H](Cc2ccccc2)NC(=O)c2cnccn2)OC3(C)C)cc1. The topological polar surface area (TPSA) is 243 Å².